The number of unbranched alkanes of at least 4 members (excludes halogenated alkanes) is 3. The second-order valence-electron chi connectivity index (χ2n) is 3.91. The number of oxime groups is 1. The van der Waals surface area contributed by atoms with Gasteiger partial charge in [-0.2, -0.15) is 0 Å². The molecular formula is C14H21NO2. The molecule has 3 heteroatoms. The van der Waals surface area contributed by atoms with Crippen molar-refractivity contribution in [2.75, 3.05) is 13.7 Å². The van der Waals surface area contributed by atoms with Crippen molar-refractivity contribution in [3.05, 3.63) is 29.8 Å². The summed E-state index contributed by atoms with van der Waals surface area (Å²) in [6, 6.07) is 7.72. The van der Waals surface area contributed by atoms with Gasteiger partial charge in [0.15, 0.2) is 0 Å². The summed E-state index contributed by atoms with van der Waals surface area (Å²) in [5.41, 5.74) is 0.984. The van der Waals surface area contributed by atoms with Gasteiger partial charge in [0.05, 0.1) is 13.3 Å². The molecule has 0 fully saturated rings. The van der Waals surface area contributed by atoms with Crippen LogP contribution in [0.2, 0.25) is 0 Å². The maximum absolute atomic E-state index is 5.19. The van der Waals surface area contributed by atoms with Crippen molar-refractivity contribution in [3.8, 4) is 5.75 Å². The summed E-state index contributed by atoms with van der Waals surface area (Å²) in [4.78, 5) is 5.19. The van der Waals surface area contributed by atoms with Crippen LogP contribution in [-0.2, 0) is 4.84 Å². The van der Waals surface area contributed by atoms with Crippen molar-refractivity contribution >= 4 is 6.21 Å². The predicted molar refractivity (Wildman–Crippen MR) is 70.7 cm³/mol. The van der Waals surface area contributed by atoms with Crippen molar-refractivity contribution < 1.29 is 9.57 Å². The zero-order chi connectivity index (χ0) is 12.3. The third-order valence-electron chi connectivity index (χ3n) is 2.46. The van der Waals surface area contributed by atoms with Crippen LogP contribution >= 0.6 is 0 Å². The van der Waals surface area contributed by atoms with Crippen molar-refractivity contribution in [2.24, 2.45) is 5.16 Å². The van der Waals surface area contributed by atoms with E-state index in [1.54, 1.807) is 13.3 Å². The average Bonchev–Trinajstić information content (AvgIpc) is 2.38. The Morgan fingerprint density at radius 3 is 2.88 bits per heavy atom. The van der Waals surface area contributed by atoms with E-state index in [2.05, 4.69) is 12.1 Å². The van der Waals surface area contributed by atoms with Gasteiger partial charge in [-0.25, -0.2) is 0 Å². The van der Waals surface area contributed by atoms with Gasteiger partial charge in [0.25, 0.3) is 0 Å². The van der Waals surface area contributed by atoms with Gasteiger partial charge in [0.2, 0.25) is 0 Å². The van der Waals surface area contributed by atoms with Gasteiger partial charge in [-0.3, -0.25) is 0 Å². The van der Waals surface area contributed by atoms with Gasteiger partial charge < -0.3 is 9.57 Å². The lowest BCUT2D eigenvalue weighted by Crippen LogP contribution is -1.90. The van der Waals surface area contributed by atoms with Crippen molar-refractivity contribution in [1.29, 1.82) is 0 Å². The van der Waals surface area contributed by atoms with E-state index in [1.165, 1.54) is 19.3 Å². The molecule has 0 aliphatic carbocycles. The number of rotatable bonds is 8. The van der Waals surface area contributed by atoms with E-state index in [0.29, 0.717) is 6.61 Å². The molecule has 0 spiro atoms. The number of hydrogen-bond donors (Lipinski definition) is 0. The number of benzene rings is 1. The Balaban J connectivity index is 2.23. The molecule has 0 amide bonds. The van der Waals surface area contributed by atoms with Gasteiger partial charge in [-0.05, 0) is 30.5 Å². The number of methoxy groups -OCH3 is 1. The Morgan fingerprint density at radius 2 is 2.12 bits per heavy atom. The summed E-state index contributed by atoms with van der Waals surface area (Å²) < 4.78 is 5.12. The molecule has 0 heterocycles. The van der Waals surface area contributed by atoms with Crippen LogP contribution < -0.4 is 4.74 Å². The fourth-order valence-corrected chi connectivity index (χ4v) is 1.47. The Hall–Kier alpha value is -1.51. The maximum Gasteiger partial charge on any atom is 0.119 e. The Morgan fingerprint density at radius 1 is 1.24 bits per heavy atom. The highest BCUT2D eigenvalue weighted by Gasteiger charge is 1.92. The normalized spacial score (nSPS) is 10.7. The van der Waals surface area contributed by atoms with Crippen LogP contribution in [0.3, 0.4) is 0 Å². The SMILES string of the molecule is CCCCCCON=Cc1cccc(OC)c1. The van der Waals surface area contributed by atoms with Crippen LogP contribution in [0.5, 0.6) is 5.75 Å². The summed E-state index contributed by atoms with van der Waals surface area (Å²) in [7, 11) is 1.65. The monoisotopic (exact) mass is 235 g/mol. The summed E-state index contributed by atoms with van der Waals surface area (Å²) in [5.74, 6) is 0.830. The highest BCUT2D eigenvalue weighted by atomic mass is 16.6. The highest BCUT2D eigenvalue weighted by Crippen LogP contribution is 2.10. The third kappa shape index (κ3) is 5.95. The third-order valence-corrected chi connectivity index (χ3v) is 2.46. The molecule has 0 unspecified atom stereocenters. The zero-order valence-corrected chi connectivity index (χ0v) is 10.7. The smallest absolute Gasteiger partial charge is 0.119 e. The van der Waals surface area contributed by atoms with Crippen molar-refractivity contribution in [2.45, 2.75) is 32.6 Å². The number of hydrogen-bond acceptors (Lipinski definition) is 3. The first-order chi connectivity index (χ1) is 8.36. The van der Waals surface area contributed by atoms with Crippen LogP contribution in [0.25, 0.3) is 0 Å². The topological polar surface area (TPSA) is 30.8 Å². The Bertz CT molecular complexity index is 337. The van der Waals surface area contributed by atoms with Crippen molar-refractivity contribution in [1.82, 2.24) is 0 Å². The molecule has 0 aliphatic rings. The molecule has 94 valence electrons. The van der Waals surface area contributed by atoms with Gasteiger partial charge >= 0.3 is 0 Å². The van der Waals surface area contributed by atoms with E-state index in [9.17, 15) is 0 Å². The van der Waals surface area contributed by atoms with Gasteiger partial charge in [0.1, 0.15) is 12.4 Å². The van der Waals surface area contributed by atoms with Crippen LogP contribution in [0, 0.1) is 0 Å². The summed E-state index contributed by atoms with van der Waals surface area (Å²) >= 11 is 0. The molecule has 1 aromatic carbocycles. The van der Waals surface area contributed by atoms with E-state index in [1.807, 2.05) is 24.3 Å². The largest absolute Gasteiger partial charge is 0.497 e. The van der Waals surface area contributed by atoms with E-state index in [4.69, 9.17) is 9.57 Å². The van der Waals surface area contributed by atoms with Crippen LogP contribution in [-0.4, -0.2) is 19.9 Å². The standard InChI is InChI=1S/C14H21NO2/c1-3-4-5-6-10-17-15-12-13-8-7-9-14(11-13)16-2/h7-9,11-12H,3-6,10H2,1-2H3. The van der Waals surface area contributed by atoms with Crippen LogP contribution in [0.4, 0.5) is 0 Å². The van der Waals surface area contributed by atoms with E-state index >= 15 is 0 Å². The minimum atomic E-state index is 0.695. The quantitative estimate of drug-likeness (QED) is 0.391. The highest BCUT2D eigenvalue weighted by molar-refractivity contribution is 5.79. The van der Waals surface area contributed by atoms with Gasteiger partial charge in [-0.15, -0.1) is 0 Å². The van der Waals surface area contributed by atoms with Gasteiger partial charge in [-0.1, -0.05) is 37.1 Å². The first kappa shape index (κ1) is 13.6. The second kappa shape index (κ2) is 8.62. The molecular weight excluding hydrogens is 214 g/mol. The second-order valence-corrected chi connectivity index (χ2v) is 3.91. The molecule has 0 bridgehead atoms. The Kier molecular flexibility index (Phi) is 6.87. The fourth-order valence-electron chi connectivity index (χ4n) is 1.47. The Labute approximate surface area is 103 Å². The minimum absolute atomic E-state index is 0.695. The molecule has 0 radical (unpaired) electrons. The number of ether oxygens (including phenoxy) is 1. The first-order valence-electron chi connectivity index (χ1n) is 6.16. The molecule has 17 heavy (non-hydrogen) atoms. The summed E-state index contributed by atoms with van der Waals surface area (Å²) in [6.45, 7) is 2.89. The molecule has 0 atom stereocenters. The molecule has 0 saturated heterocycles. The summed E-state index contributed by atoms with van der Waals surface area (Å²) in [5, 5.41) is 3.93. The predicted octanol–water partition coefficient (Wildman–Crippen LogP) is 3.63. The zero-order valence-electron chi connectivity index (χ0n) is 10.7. The molecule has 3 nitrogen and oxygen atoms in total. The minimum Gasteiger partial charge on any atom is -0.497 e. The molecule has 0 aromatic heterocycles. The average molecular weight is 235 g/mol. The van der Waals surface area contributed by atoms with Crippen molar-refractivity contribution in [3.63, 3.8) is 0 Å². The molecule has 0 N–H and O–H groups in total. The van der Waals surface area contributed by atoms with E-state index < -0.39 is 0 Å². The molecule has 0 aliphatic heterocycles. The lowest BCUT2D eigenvalue weighted by Gasteiger charge is -2.00. The van der Waals surface area contributed by atoms with Crippen LogP contribution in [0.1, 0.15) is 38.2 Å². The molecule has 1 aromatic rings. The van der Waals surface area contributed by atoms with Crippen LogP contribution in [0.15, 0.2) is 29.4 Å². The maximum atomic E-state index is 5.19. The van der Waals surface area contributed by atoms with E-state index in [0.717, 1.165) is 17.7 Å². The lowest BCUT2D eigenvalue weighted by atomic mass is 10.2. The lowest BCUT2D eigenvalue weighted by molar-refractivity contribution is 0.141. The number of nitrogens with zero attached hydrogens (tertiary/aromatic N) is 1. The summed E-state index contributed by atoms with van der Waals surface area (Å²) in [6.07, 6.45) is 6.51. The van der Waals surface area contributed by atoms with E-state index in [-0.39, 0.29) is 0 Å². The molecule has 0 saturated carbocycles. The van der Waals surface area contributed by atoms with Gasteiger partial charge in [0, 0.05) is 0 Å². The fraction of sp³-hybridized carbons (Fsp3) is 0.500. The molecule has 1 rings (SSSR count). The first-order valence-corrected chi connectivity index (χ1v) is 6.16.